The zero-order chi connectivity index (χ0) is 15.4. The molecule has 0 spiro atoms. The Labute approximate surface area is 133 Å². The van der Waals surface area contributed by atoms with Crippen LogP contribution >= 0.6 is 0 Å². The van der Waals surface area contributed by atoms with Crippen LogP contribution in [0.1, 0.15) is 36.9 Å². The van der Waals surface area contributed by atoms with Crippen molar-refractivity contribution in [2.75, 3.05) is 39.3 Å². The fourth-order valence-electron chi connectivity index (χ4n) is 3.50. The summed E-state index contributed by atoms with van der Waals surface area (Å²) >= 11 is 0. The Morgan fingerprint density at radius 2 is 1.73 bits per heavy atom. The van der Waals surface area contributed by atoms with Gasteiger partial charge in [-0.15, -0.1) is 0 Å². The second kappa shape index (κ2) is 7.25. The summed E-state index contributed by atoms with van der Waals surface area (Å²) in [6.07, 6.45) is 3.34. The predicted molar refractivity (Wildman–Crippen MR) is 88.8 cm³/mol. The molecule has 2 fully saturated rings. The molecule has 2 heterocycles. The van der Waals surface area contributed by atoms with E-state index >= 15 is 0 Å². The van der Waals surface area contributed by atoms with Gasteiger partial charge in [0.2, 0.25) is 5.91 Å². The third kappa shape index (κ3) is 3.33. The van der Waals surface area contributed by atoms with E-state index in [0.29, 0.717) is 5.91 Å². The molecule has 3 rings (SSSR count). The molecule has 4 nitrogen and oxygen atoms in total. The summed E-state index contributed by atoms with van der Waals surface area (Å²) < 4.78 is 0. The number of likely N-dealkylation sites (tertiary alicyclic amines) is 1. The first-order chi connectivity index (χ1) is 10.8. The monoisotopic (exact) mass is 301 g/mol. The third-order valence-corrected chi connectivity index (χ3v) is 4.87. The molecule has 0 saturated carbocycles. The van der Waals surface area contributed by atoms with Gasteiger partial charge in [-0.25, -0.2) is 0 Å². The van der Waals surface area contributed by atoms with Crippen LogP contribution in [0.25, 0.3) is 0 Å². The summed E-state index contributed by atoms with van der Waals surface area (Å²) in [6, 6.07) is 8.54. The molecule has 1 aromatic rings. The lowest BCUT2D eigenvalue weighted by atomic mass is 10.0. The predicted octanol–water partition coefficient (Wildman–Crippen LogP) is 1.82. The Kier molecular flexibility index (Phi) is 5.11. The fourth-order valence-corrected chi connectivity index (χ4v) is 3.50. The van der Waals surface area contributed by atoms with Gasteiger partial charge < -0.3 is 10.2 Å². The number of rotatable bonds is 4. The van der Waals surface area contributed by atoms with Crippen molar-refractivity contribution in [1.82, 2.24) is 15.1 Å². The molecular weight excluding hydrogens is 274 g/mol. The lowest BCUT2D eigenvalue weighted by molar-refractivity contribution is -0.136. The molecule has 120 valence electrons. The average Bonchev–Trinajstić information content (AvgIpc) is 3.11. The van der Waals surface area contributed by atoms with Crippen molar-refractivity contribution in [3.63, 3.8) is 0 Å². The number of hydrogen-bond acceptors (Lipinski definition) is 3. The van der Waals surface area contributed by atoms with Gasteiger partial charge in [0.1, 0.15) is 6.04 Å². The van der Waals surface area contributed by atoms with Crippen molar-refractivity contribution in [3.8, 4) is 0 Å². The van der Waals surface area contributed by atoms with Gasteiger partial charge in [0, 0.05) is 39.3 Å². The Morgan fingerprint density at radius 1 is 1.09 bits per heavy atom. The molecule has 2 aliphatic heterocycles. The standard InChI is InChI=1S/C18H27N3O/c1-2-15-5-7-16(8-6-15)17(20-13-9-19-10-14-20)18(22)21-11-3-4-12-21/h5-8,17,19H,2-4,9-14H2,1H3. The van der Waals surface area contributed by atoms with Crippen LogP contribution < -0.4 is 5.32 Å². The zero-order valence-electron chi connectivity index (χ0n) is 13.6. The number of amides is 1. The smallest absolute Gasteiger partial charge is 0.244 e. The molecule has 1 N–H and O–H groups in total. The highest BCUT2D eigenvalue weighted by Gasteiger charge is 2.32. The van der Waals surface area contributed by atoms with Gasteiger partial charge in [-0.1, -0.05) is 31.2 Å². The van der Waals surface area contributed by atoms with Crippen LogP contribution in [0.15, 0.2) is 24.3 Å². The molecule has 22 heavy (non-hydrogen) atoms. The molecule has 4 heteroatoms. The van der Waals surface area contributed by atoms with Crippen LogP contribution in [-0.2, 0) is 11.2 Å². The minimum Gasteiger partial charge on any atom is -0.341 e. The summed E-state index contributed by atoms with van der Waals surface area (Å²) in [5, 5.41) is 3.38. The highest BCUT2D eigenvalue weighted by atomic mass is 16.2. The number of benzene rings is 1. The first-order valence-electron chi connectivity index (χ1n) is 8.62. The van der Waals surface area contributed by atoms with Crippen LogP contribution in [0.4, 0.5) is 0 Å². The van der Waals surface area contributed by atoms with E-state index in [2.05, 4.69) is 46.3 Å². The van der Waals surface area contributed by atoms with Crippen molar-refractivity contribution in [2.24, 2.45) is 0 Å². The summed E-state index contributed by atoms with van der Waals surface area (Å²) in [5.41, 5.74) is 2.48. The van der Waals surface area contributed by atoms with E-state index < -0.39 is 0 Å². The maximum Gasteiger partial charge on any atom is 0.244 e. The number of carbonyl (C=O) groups excluding carboxylic acids is 1. The van der Waals surface area contributed by atoms with Gasteiger partial charge in [-0.2, -0.15) is 0 Å². The molecule has 1 unspecified atom stereocenters. The van der Waals surface area contributed by atoms with E-state index in [1.54, 1.807) is 0 Å². The van der Waals surface area contributed by atoms with E-state index in [1.165, 1.54) is 5.56 Å². The Morgan fingerprint density at radius 3 is 2.32 bits per heavy atom. The first-order valence-corrected chi connectivity index (χ1v) is 8.62. The minimum absolute atomic E-state index is 0.105. The lowest BCUT2D eigenvalue weighted by Crippen LogP contribution is -2.49. The van der Waals surface area contributed by atoms with Gasteiger partial charge in [0.15, 0.2) is 0 Å². The van der Waals surface area contributed by atoms with E-state index in [0.717, 1.165) is 64.1 Å². The molecule has 0 aliphatic carbocycles. The van der Waals surface area contributed by atoms with E-state index in [-0.39, 0.29) is 6.04 Å². The van der Waals surface area contributed by atoms with Crippen molar-refractivity contribution >= 4 is 5.91 Å². The van der Waals surface area contributed by atoms with Crippen molar-refractivity contribution in [1.29, 1.82) is 0 Å². The van der Waals surface area contributed by atoms with Gasteiger partial charge in [0.05, 0.1) is 0 Å². The van der Waals surface area contributed by atoms with Crippen molar-refractivity contribution in [2.45, 2.75) is 32.2 Å². The molecule has 1 aromatic carbocycles. The second-order valence-electron chi connectivity index (χ2n) is 6.32. The lowest BCUT2D eigenvalue weighted by Gasteiger charge is -2.36. The molecule has 0 radical (unpaired) electrons. The van der Waals surface area contributed by atoms with Crippen LogP contribution in [-0.4, -0.2) is 55.0 Å². The second-order valence-corrected chi connectivity index (χ2v) is 6.32. The van der Waals surface area contributed by atoms with Gasteiger partial charge in [0.25, 0.3) is 0 Å². The van der Waals surface area contributed by atoms with Crippen molar-refractivity contribution < 1.29 is 4.79 Å². The SMILES string of the molecule is CCc1ccc(C(C(=O)N2CCCC2)N2CCNCC2)cc1. The summed E-state index contributed by atoms with van der Waals surface area (Å²) in [7, 11) is 0. The Balaban J connectivity index is 1.84. The maximum atomic E-state index is 13.1. The van der Waals surface area contributed by atoms with Gasteiger partial charge >= 0.3 is 0 Å². The quantitative estimate of drug-likeness (QED) is 0.921. The first kappa shape index (κ1) is 15.5. The number of nitrogens with one attached hydrogen (secondary N) is 1. The van der Waals surface area contributed by atoms with E-state index in [9.17, 15) is 4.79 Å². The largest absolute Gasteiger partial charge is 0.341 e. The Hall–Kier alpha value is -1.39. The number of aryl methyl sites for hydroxylation is 1. The maximum absolute atomic E-state index is 13.1. The molecule has 0 aromatic heterocycles. The summed E-state index contributed by atoms with van der Waals surface area (Å²) in [6.45, 7) is 7.84. The topological polar surface area (TPSA) is 35.6 Å². The summed E-state index contributed by atoms with van der Waals surface area (Å²) in [4.78, 5) is 17.5. The van der Waals surface area contributed by atoms with Crippen LogP contribution in [0, 0.1) is 0 Å². The zero-order valence-corrected chi connectivity index (χ0v) is 13.6. The highest BCUT2D eigenvalue weighted by Crippen LogP contribution is 2.26. The van der Waals surface area contributed by atoms with E-state index in [1.807, 2.05) is 0 Å². The molecule has 1 amide bonds. The molecular formula is C18H27N3O. The van der Waals surface area contributed by atoms with Crippen LogP contribution in [0.2, 0.25) is 0 Å². The van der Waals surface area contributed by atoms with Gasteiger partial charge in [-0.3, -0.25) is 9.69 Å². The van der Waals surface area contributed by atoms with Crippen LogP contribution in [0.3, 0.4) is 0 Å². The fraction of sp³-hybridized carbons (Fsp3) is 0.611. The molecule has 0 bridgehead atoms. The molecule has 1 atom stereocenters. The van der Waals surface area contributed by atoms with Crippen LogP contribution in [0.5, 0.6) is 0 Å². The molecule has 2 aliphatic rings. The number of nitrogens with zero attached hydrogens (tertiary/aromatic N) is 2. The number of hydrogen-bond donors (Lipinski definition) is 1. The number of carbonyl (C=O) groups is 1. The summed E-state index contributed by atoms with van der Waals surface area (Å²) in [5.74, 6) is 0.295. The van der Waals surface area contributed by atoms with Gasteiger partial charge in [-0.05, 0) is 30.4 Å². The van der Waals surface area contributed by atoms with Crippen molar-refractivity contribution in [3.05, 3.63) is 35.4 Å². The number of piperazine rings is 1. The normalized spacial score (nSPS) is 21.0. The molecule has 2 saturated heterocycles. The minimum atomic E-state index is -0.105. The average molecular weight is 301 g/mol. The highest BCUT2D eigenvalue weighted by molar-refractivity contribution is 5.83. The Bertz CT molecular complexity index is 488. The van der Waals surface area contributed by atoms with E-state index in [4.69, 9.17) is 0 Å². The third-order valence-electron chi connectivity index (χ3n) is 4.87.